The Hall–Kier alpha value is -2.01. The topological polar surface area (TPSA) is 134 Å². The Morgan fingerprint density at radius 3 is 2.96 bits per heavy atom. The van der Waals surface area contributed by atoms with Crippen LogP contribution in [0.15, 0.2) is 6.33 Å². The number of nitrogens with zero attached hydrogens (tertiary/aromatic N) is 4. The maximum Gasteiger partial charge on any atom is 0.251 e. The first-order chi connectivity index (χ1) is 12.1. The SMILES string of the molecule is [2H]C([2H])([2H])Nc1nc(Cl)nc2c1ncn2[C@@H]1O[C@H](C(=O)NC)[C@@H](O)[C@H]1O. The zero-order chi connectivity index (χ0) is 19.2. The number of aliphatic hydroxyl groups is 2. The number of hydrogen-bond acceptors (Lipinski definition) is 8. The maximum absolute atomic E-state index is 11.8. The molecule has 1 aliphatic heterocycles. The number of imidazole rings is 1. The summed E-state index contributed by atoms with van der Waals surface area (Å²) in [7, 11) is 1.37. The van der Waals surface area contributed by atoms with E-state index in [1.807, 2.05) is 0 Å². The van der Waals surface area contributed by atoms with E-state index >= 15 is 0 Å². The van der Waals surface area contributed by atoms with Crippen LogP contribution in [-0.4, -0.2) is 68.0 Å². The number of likely N-dealkylation sites (N-methyl/N-ethyl adjacent to an activating group) is 1. The number of carbonyl (C=O) groups is 1. The van der Waals surface area contributed by atoms with Gasteiger partial charge in [0.2, 0.25) is 5.28 Å². The lowest BCUT2D eigenvalue weighted by molar-refractivity contribution is -0.137. The van der Waals surface area contributed by atoms with Crippen LogP contribution >= 0.6 is 11.6 Å². The van der Waals surface area contributed by atoms with E-state index in [9.17, 15) is 15.0 Å². The molecule has 2 aromatic rings. The standard InChI is InChI=1S/C12H15ClN6O4/c1-14-8-4-9(18-12(13)17-8)19(3-16-4)11-6(21)5(20)7(23-11)10(22)15-2/h3,5-7,11,20-21H,1-2H3,(H,15,22)(H,14,17,18)/t5-,6+,7-,11+/m0/s1/i1D3. The lowest BCUT2D eigenvalue weighted by atomic mass is 10.1. The van der Waals surface area contributed by atoms with Gasteiger partial charge >= 0.3 is 0 Å². The summed E-state index contributed by atoms with van der Waals surface area (Å²) in [6.45, 7) is -2.54. The summed E-state index contributed by atoms with van der Waals surface area (Å²) in [6.07, 6.45) is -4.21. The van der Waals surface area contributed by atoms with Crippen molar-refractivity contribution in [3.05, 3.63) is 11.6 Å². The van der Waals surface area contributed by atoms with Crippen LogP contribution in [0.2, 0.25) is 5.28 Å². The fraction of sp³-hybridized carbons (Fsp3) is 0.500. The van der Waals surface area contributed by atoms with Gasteiger partial charge in [0.15, 0.2) is 29.3 Å². The second kappa shape index (κ2) is 5.89. The van der Waals surface area contributed by atoms with Crippen molar-refractivity contribution in [2.24, 2.45) is 0 Å². The zero-order valence-electron chi connectivity index (χ0n) is 14.8. The highest BCUT2D eigenvalue weighted by Crippen LogP contribution is 2.32. The number of ether oxygens (including phenoxy) is 1. The van der Waals surface area contributed by atoms with Crippen LogP contribution < -0.4 is 10.6 Å². The number of nitrogens with one attached hydrogen (secondary N) is 2. The van der Waals surface area contributed by atoms with E-state index in [1.165, 1.54) is 17.9 Å². The predicted octanol–water partition coefficient (Wildman–Crippen LogP) is -1.11. The van der Waals surface area contributed by atoms with Crippen LogP contribution in [-0.2, 0) is 9.53 Å². The molecule has 1 aliphatic rings. The Labute approximate surface area is 139 Å². The van der Waals surface area contributed by atoms with Gasteiger partial charge in [-0.2, -0.15) is 9.97 Å². The van der Waals surface area contributed by atoms with Gasteiger partial charge in [-0.25, -0.2) is 4.98 Å². The van der Waals surface area contributed by atoms with Crippen molar-refractivity contribution in [2.45, 2.75) is 24.5 Å². The molecule has 0 aromatic carbocycles. The zero-order valence-corrected chi connectivity index (χ0v) is 12.5. The molecular weight excluding hydrogens is 328 g/mol. The van der Waals surface area contributed by atoms with E-state index in [0.717, 1.165) is 0 Å². The Bertz CT molecular complexity index is 846. The molecule has 0 radical (unpaired) electrons. The van der Waals surface area contributed by atoms with Gasteiger partial charge in [0.1, 0.15) is 12.2 Å². The van der Waals surface area contributed by atoms with E-state index in [4.69, 9.17) is 20.5 Å². The van der Waals surface area contributed by atoms with E-state index in [-0.39, 0.29) is 22.3 Å². The average molecular weight is 346 g/mol. The minimum atomic E-state index is -2.54. The van der Waals surface area contributed by atoms with E-state index in [0.29, 0.717) is 0 Å². The summed E-state index contributed by atoms with van der Waals surface area (Å²) in [6, 6.07) is 0. The van der Waals surface area contributed by atoms with Crippen LogP contribution in [0.3, 0.4) is 0 Å². The van der Waals surface area contributed by atoms with Crippen molar-refractivity contribution < 1.29 is 23.9 Å². The highest BCUT2D eigenvalue weighted by Gasteiger charge is 2.47. The third-order valence-corrected chi connectivity index (χ3v) is 3.70. The summed E-state index contributed by atoms with van der Waals surface area (Å²) in [5, 5.41) is 24.6. The number of aliphatic hydroxyl groups excluding tert-OH is 2. The summed E-state index contributed by atoms with van der Waals surface area (Å²) in [5.41, 5.74) is 0.129. The van der Waals surface area contributed by atoms with Crippen LogP contribution in [0.4, 0.5) is 5.82 Å². The monoisotopic (exact) mass is 345 g/mol. The molecule has 10 nitrogen and oxygen atoms in total. The molecule has 3 heterocycles. The Balaban J connectivity index is 2.03. The first-order valence-electron chi connectivity index (χ1n) is 8.04. The molecule has 1 amide bonds. The van der Waals surface area contributed by atoms with E-state index < -0.39 is 37.4 Å². The number of rotatable bonds is 3. The summed E-state index contributed by atoms with van der Waals surface area (Å²) in [5.74, 6) is -0.740. The van der Waals surface area contributed by atoms with Gasteiger partial charge < -0.3 is 25.6 Å². The summed E-state index contributed by atoms with van der Waals surface area (Å²) < 4.78 is 28.5. The van der Waals surface area contributed by atoms with Crippen molar-refractivity contribution in [3.8, 4) is 0 Å². The van der Waals surface area contributed by atoms with Crippen LogP contribution in [0, 0.1) is 0 Å². The number of anilines is 1. The molecule has 1 fully saturated rings. The molecule has 4 N–H and O–H groups in total. The van der Waals surface area contributed by atoms with Crippen molar-refractivity contribution in [3.63, 3.8) is 0 Å². The fourth-order valence-electron chi connectivity index (χ4n) is 2.41. The van der Waals surface area contributed by atoms with Gasteiger partial charge in [-0.05, 0) is 11.6 Å². The van der Waals surface area contributed by atoms with Crippen LogP contribution in [0.25, 0.3) is 11.2 Å². The Kier molecular flexibility index (Phi) is 3.18. The second-order valence-corrected chi connectivity index (χ2v) is 5.17. The molecule has 3 rings (SSSR count). The van der Waals surface area contributed by atoms with Gasteiger partial charge in [-0.1, -0.05) is 0 Å². The number of fused-ring (bicyclic) bond motifs is 1. The van der Waals surface area contributed by atoms with Crippen molar-refractivity contribution in [2.75, 3.05) is 19.3 Å². The fourth-order valence-corrected chi connectivity index (χ4v) is 2.58. The molecule has 0 spiro atoms. The molecule has 1 saturated heterocycles. The second-order valence-electron chi connectivity index (χ2n) is 4.83. The van der Waals surface area contributed by atoms with Crippen LogP contribution in [0.5, 0.6) is 0 Å². The van der Waals surface area contributed by atoms with Gasteiger partial charge in [0.25, 0.3) is 5.91 Å². The minimum Gasteiger partial charge on any atom is -0.387 e. The number of hydrogen-bond donors (Lipinski definition) is 4. The quantitative estimate of drug-likeness (QED) is 0.514. The number of carbonyl (C=O) groups excluding carboxylic acids is 1. The summed E-state index contributed by atoms with van der Waals surface area (Å²) in [4.78, 5) is 23.6. The number of amides is 1. The molecule has 11 heteroatoms. The van der Waals surface area contributed by atoms with Gasteiger partial charge in [0.05, 0.1) is 6.33 Å². The largest absolute Gasteiger partial charge is 0.387 e. The summed E-state index contributed by atoms with van der Waals surface area (Å²) >= 11 is 5.85. The van der Waals surface area contributed by atoms with E-state index in [2.05, 4.69) is 25.6 Å². The van der Waals surface area contributed by atoms with Crippen molar-refractivity contribution in [1.82, 2.24) is 24.8 Å². The van der Waals surface area contributed by atoms with Crippen molar-refractivity contribution in [1.29, 1.82) is 0 Å². The highest BCUT2D eigenvalue weighted by atomic mass is 35.5. The molecule has 0 saturated carbocycles. The predicted molar refractivity (Wildman–Crippen MR) is 79.9 cm³/mol. The van der Waals surface area contributed by atoms with Gasteiger partial charge in [0, 0.05) is 18.1 Å². The molecular formula is C12H15ClN6O4. The average Bonchev–Trinajstić information content (AvgIpc) is 3.08. The molecule has 2 aromatic heterocycles. The van der Waals surface area contributed by atoms with Gasteiger partial charge in [-0.3, -0.25) is 9.36 Å². The molecule has 0 unspecified atom stereocenters. The normalized spacial score (nSPS) is 29.8. The van der Waals surface area contributed by atoms with Crippen LogP contribution in [0.1, 0.15) is 10.3 Å². The molecule has 124 valence electrons. The molecule has 0 bridgehead atoms. The smallest absolute Gasteiger partial charge is 0.251 e. The van der Waals surface area contributed by atoms with Gasteiger partial charge in [-0.15, -0.1) is 0 Å². The Morgan fingerprint density at radius 2 is 2.26 bits per heavy atom. The third-order valence-electron chi connectivity index (χ3n) is 3.53. The maximum atomic E-state index is 11.8. The molecule has 4 atom stereocenters. The van der Waals surface area contributed by atoms with E-state index in [1.54, 1.807) is 0 Å². The third kappa shape index (κ3) is 2.49. The molecule has 23 heavy (non-hydrogen) atoms. The number of halogens is 1. The van der Waals surface area contributed by atoms with Crippen molar-refractivity contribution >= 4 is 34.5 Å². The lowest BCUT2D eigenvalue weighted by Gasteiger charge is -2.16. The first kappa shape index (κ1) is 12.4. The highest BCUT2D eigenvalue weighted by molar-refractivity contribution is 6.28. The Morgan fingerprint density at radius 1 is 1.48 bits per heavy atom. The number of aromatic nitrogens is 4. The lowest BCUT2D eigenvalue weighted by Crippen LogP contribution is -2.41. The minimum absolute atomic E-state index is 0.0607. The molecule has 0 aliphatic carbocycles. The first-order valence-corrected chi connectivity index (χ1v) is 6.91.